The van der Waals surface area contributed by atoms with E-state index in [-0.39, 0.29) is 27.7 Å². The van der Waals surface area contributed by atoms with Gasteiger partial charge in [-0.25, -0.2) is 0 Å². The van der Waals surface area contributed by atoms with Gasteiger partial charge in [-0.1, -0.05) is 60.1 Å². The molecule has 3 saturated carbocycles. The number of aliphatic carboxylic acids is 1. The van der Waals surface area contributed by atoms with Gasteiger partial charge in [-0.05, 0) is 96.6 Å². The number of hydrogen-bond acceptors (Lipinski definition) is 5. The number of fused-ring (bicyclic) bond motifs is 3. The van der Waals surface area contributed by atoms with Crippen LogP contribution in [-0.2, 0) is 9.53 Å². The molecule has 11 atom stereocenters. The molecular weight excluding hydrogens is 562 g/mol. The number of hydrogen-bond donors (Lipinski definition) is 2. The Morgan fingerprint density at radius 3 is 2.42 bits per heavy atom. The summed E-state index contributed by atoms with van der Waals surface area (Å²) in [5.41, 5.74) is 2.17. The highest BCUT2D eigenvalue weighted by Crippen LogP contribution is 2.75. The lowest BCUT2D eigenvalue weighted by atomic mass is 9.34. The molecule has 2 bridgehead atoms. The lowest BCUT2D eigenvalue weighted by Crippen LogP contribution is -2.68. The highest BCUT2D eigenvalue weighted by molar-refractivity contribution is 5.73. The summed E-state index contributed by atoms with van der Waals surface area (Å²) in [5.74, 6) is 0.318. The largest absolute Gasteiger partial charge is 0.481 e. The molecule has 45 heavy (non-hydrogen) atoms. The summed E-state index contributed by atoms with van der Waals surface area (Å²) in [7, 11) is 0. The van der Waals surface area contributed by atoms with E-state index in [1.54, 1.807) is 12.4 Å². The average molecular weight is 616 g/mol. The van der Waals surface area contributed by atoms with E-state index in [9.17, 15) is 15.0 Å². The van der Waals surface area contributed by atoms with Gasteiger partial charge in [0.15, 0.2) is 0 Å². The smallest absolute Gasteiger partial charge is 0.307 e. The molecule has 4 fully saturated rings. The van der Waals surface area contributed by atoms with Crippen LogP contribution in [0.3, 0.4) is 0 Å². The zero-order valence-electron chi connectivity index (χ0n) is 28.3. The molecule has 1 aliphatic heterocycles. The summed E-state index contributed by atoms with van der Waals surface area (Å²) in [4.78, 5) is 17.6. The number of nitrogens with zero attached hydrogens (tertiary/aromatic N) is 3. The molecule has 5 aliphatic rings. The maximum atomic E-state index is 13.4. The second-order valence-electron chi connectivity index (χ2n) is 17.0. The van der Waals surface area contributed by atoms with E-state index in [0.29, 0.717) is 36.9 Å². The molecule has 4 aliphatic carbocycles. The third-order valence-corrected chi connectivity index (χ3v) is 15.1. The summed E-state index contributed by atoms with van der Waals surface area (Å²) in [6, 6.07) is 5.86. The summed E-state index contributed by atoms with van der Waals surface area (Å²) in [6.07, 6.45) is 12.9. The summed E-state index contributed by atoms with van der Waals surface area (Å²) in [6.45, 7) is 17.2. The molecule has 7 rings (SSSR count). The number of allylic oxidation sites excluding steroid dienone is 1. The molecule has 0 radical (unpaired) electrons. The van der Waals surface area contributed by atoms with E-state index in [2.05, 4.69) is 64.2 Å². The van der Waals surface area contributed by atoms with Gasteiger partial charge in [-0.2, -0.15) is 5.10 Å². The van der Waals surface area contributed by atoms with Crippen molar-refractivity contribution in [1.82, 2.24) is 14.8 Å². The first-order valence-corrected chi connectivity index (χ1v) is 17.4. The van der Waals surface area contributed by atoms with Gasteiger partial charge in [-0.3, -0.25) is 14.5 Å². The van der Waals surface area contributed by atoms with Crippen molar-refractivity contribution >= 4 is 5.97 Å². The topological polar surface area (TPSA) is 97.5 Å². The number of rotatable bonds is 5. The predicted molar refractivity (Wildman–Crippen MR) is 174 cm³/mol. The zero-order valence-corrected chi connectivity index (χ0v) is 28.3. The molecule has 244 valence electrons. The summed E-state index contributed by atoms with van der Waals surface area (Å²) in [5, 5.41) is 28.0. The first kappa shape index (κ1) is 31.1. The minimum Gasteiger partial charge on any atom is -0.481 e. The summed E-state index contributed by atoms with van der Waals surface area (Å²) >= 11 is 0. The van der Waals surface area contributed by atoms with E-state index in [4.69, 9.17) is 9.84 Å². The molecule has 2 aromatic rings. The van der Waals surface area contributed by atoms with Crippen LogP contribution < -0.4 is 0 Å². The van der Waals surface area contributed by atoms with Crippen LogP contribution in [0.2, 0.25) is 0 Å². The molecule has 2 aromatic heterocycles. The maximum Gasteiger partial charge on any atom is 0.307 e. The number of pyridine rings is 1. The van der Waals surface area contributed by atoms with E-state index in [0.717, 1.165) is 49.8 Å². The van der Waals surface area contributed by atoms with Crippen LogP contribution in [0.25, 0.3) is 11.3 Å². The summed E-state index contributed by atoms with van der Waals surface area (Å²) < 4.78 is 8.58. The van der Waals surface area contributed by atoms with Gasteiger partial charge in [-0.15, -0.1) is 0 Å². The Balaban J connectivity index is 1.34. The SMILES string of the molecule is CC(C)[C@@H](C)[C@@]1(C)CC[C@]2(C)[C@H]3CC[C@@H]4[C@@]5(COC[C@]4(C)[C@@H](O)[C@H](n4nccc4-c4ccncc4)C5)C3=CC[C@@]2(C)[C@@H]1C(=O)O. The van der Waals surface area contributed by atoms with E-state index >= 15 is 0 Å². The van der Waals surface area contributed by atoms with Gasteiger partial charge >= 0.3 is 5.97 Å². The molecule has 0 aromatic carbocycles. The van der Waals surface area contributed by atoms with Crippen molar-refractivity contribution in [3.8, 4) is 11.3 Å². The first-order chi connectivity index (χ1) is 21.2. The van der Waals surface area contributed by atoms with Gasteiger partial charge in [0.25, 0.3) is 0 Å². The number of aromatic nitrogens is 3. The van der Waals surface area contributed by atoms with Crippen molar-refractivity contribution in [1.29, 1.82) is 0 Å². The molecule has 7 nitrogen and oxygen atoms in total. The minimum absolute atomic E-state index is 0.136. The Morgan fingerprint density at radius 1 is 1.00 bits per heavy atom. The highest BCUT2D eigenvalue weighted by Gasteiger charge is 2.71. The third-order valence-electron chi connectivity index (χ3n) is 15.1. The molecule has 1 saturated heterocycles. The minimum atomic E-state index is -0.626. The molecule has 0 spiro atoms. The van der Waals surface area contributed by atoms with Crippen molar-refractivity contribution in [2.45, 2.75) is 99.1 Å². The highest BCUT2D eigenvalue weighted by atomic mass is 16.5. The van der Waals surface area contributed by atoms with Gasteiger partial charge in [0.2, 0.25) is 0 Å². The average Bonchev–Trinajstić information content (AvgIpc) is 3.49. The number of carboxylic acids is 1. The third kappa shape index (κ3) is 3.98. The molecule has 3 heterocycles. The van der Waals surface area contributed by atoms with Crippen LogP contribution in [0.5, 0.6) is 0 Å². The van der Waals surface area contributed by atoms with Crippen LogP contribution in [0.1, 0.15) is 93.0 Å². The molecule has 7 heteroatoms. The van der Waals surface area contributed by atoms with Crippen LogP contribution in [0.15, 0.2) is 48.4 Å². The number of carbonyl (C=O) groups is 1. The van der Waals surface area contributed by atoms with Crippen LogP contribution in [-0.4, -0.2) is 50.3 Å². The van der Waals surface area contributed by atoms with Gasteiger partial charge < -0.3 is 14.9 Å². The van der Waals surface area contributed by atoms with Gasteiger partial charge in [0, 0.05) is 35.0 Å². The second kappa shape index (κ2) is 10.2. The number of carboxylic acid groups (broad SMARTS) is 1. The Kier molecular flexibility index (Phi) is 7.08. The predicted octanol–water partition coefficient (Wildman–Crippen LogP) is 7.44. The van der Waals surface area contributed by atoms with E-state index in [1.165, 1.54) is 5.57 Å². The number of aliphatic hydroxyl groups is 1. The lowest BCUT2D eigenvalue weighted by molar-refractivity contribution is -0.240. The quantitative estimate of drug-likeness (QED) is 0.340. The van der Waals surface area contributed by atoms with Crippen LogP contribution in [0.4, 0.5) is 0 Å². The van der Waals surface area contributed by atoms with E-state index < -0.39 is 23.4 Å². The van der Waals surface area contributed by atoms with Crippen molar-refractivity contribution in [3.63, 3.8) is 0 Å². The van der Waals surface area contributed by atoms with Crippen molar-refractivity contribution in [3.05, 3.63) is 48.4 Å². The second-order valence-corrected chi connectivity index (χ2v) is 17.0. The Morgan fingerprint density at radius 2 is 1.73 bits per heavy atom. The first-order valence-electron chi connectivity index (χ1n) is 17.4. The number of aliphatic hydroxyl groups excluding tert-OH is 1. The maximum absolute atomic E-state index is 13.4. The molecule has 0 unspecified atom stereocenters. The molecule has 0 amide bonds. The van der Waals surface area contributed by atoms with Crippen LogP contribution >= 0.6 is 0 Å². The standard InChI is InChI=1S/C38H53N3O4/c1-23(2)24(3)34(4)15-16-36(6)26-8-9-30-35(5)21-45-22-38(30,27(26)10-14-37(36,7)31(34)33(43)44)20-29(32(35)42)41-28(13-19-40-41)25-11-17-39-18-12-25/h10-13,17-19,23-24,26,29-32,42H,8-9,14-16,20-22H2,1-7H3,(H,43,44)/t24-,26+,29-,30+,31-,32+,34-,35+,36-,37+,38+/m1/s1. The fourth-order valence-electron chi connectivity index (χ4n) is 12.2. The Hall–Kier alpha value is -2.51. The van der Waals surface area contributed by atoms with Gasteiger partial charge in [0.1, 0.15) is 0 Å². The molecular formula is C38H53N3O4. The van der Waals surface area contributed by atoms with Crippen molar-refractivity contribution < 1.29 is 19.7 Å². The van der Waals surface area contributed by atoms with Crippen LogP contribution in [0, 0.1) is 56.7 Å². The Bertz CT molecular complexity index is 1500. The molecule has 2 N–H and O–H groups in total. The van der Waals surface area contributed by atoms with Crippen molar-refractivity contribution in [2.75, 3.05) is 13.2 Å². The fraction of sp³-hybridized carbons (Fsp3) is 0.711. The monoisotopic (exact) mass is 615 g/mol. The normalized spacial score (nSPS) is 44.7. The van der Waals surface area contributed by atoms with Gasteiger partial charge in [0.05, 0.1) is 37.0 Å². The Labute approximate surface area is 268 Å². The van der Waals surface area contributed by atoms with E-state index in [1.807, 2.05) is 24.4 Å². The number of ether oxygens (including phenoxy) is 1. The lowest BCUT2D eigenvalue weighted by Gasteiger charge is -2.71. The zero-order chi connectivity index (χ0) is 32.2. The van der Waals surface area contributed by atoms with Crippen molar-refractivity contribution in [2.24, 2.45) is 56.7 Å². The fourth-order valence-corrected chi connectivity index (χ4v) is 12.2.